The molecule has 0 unspecified atom stereocenters. The summed E-state index contributed by atoms with van der Waals surface area (Å²) in [7, 11) is 3.65. The Bertz CT molecular complexity index is 408. The van der Waals surface area contributed by atoms with Crippen molar-refractivity contribution in [1.29, 1.82) is 0 Å². The van der Waals surface area contributed by atoms with Gasteiger partial charge in [0.2, 0.25) is 0 Å². The molecule has 0 aliphatic rings. The molecule has 1 aromatic carbocycles. The molecule has 0 saturated carbocycles. The molecule has 0 bridgehead atoms. The van der Waals surface area contributed by atoms with E-state index in [1.165, 1.54) is 22.0 Å². The van der Waals surface area contributed by atoms with Gasteiger partial charge in [-0.25, -0.2) is 13.4 Å². The fourth-order valence-electron chi connectivity index (χ4n) is 1.54. The third-order valence-electron chi connectivity index (χ3n) is 2.42. The molecule has 0 fully saturated rings. The molecule has 0 atom stereocenters. The van der Waals surface area contributed by atoms with E-state index in [9.17, 15) is 4.79 Å². The summed E-state index contributed by atoms with van der Waals surface area (Å²) >= 11 is 1.18. The minimum Gasteiger partial charge on any atom is -0.464 e. The van der Waals surface area contributed by atoms with E-state index in [0.717, 1.165) is 5.56 Å². The van der Waals surface area contributed by atoms with Crippen LogP contribution in [-0.4, -0.2) is 33.9 Å². The minimum atomic E-state index is -0.927. The Kier molecular flexibility index (Phi) is 5.50. The van der Waals surface area contributed by atoms with Crippen molar-refractivity contribution in [2.24, 2.45) is 0 Å². The van der Waals surface area contributed by atoms with Crippen LogP contribution in [0.4, 0.5) is 4.79 Å². The van der Waals surface area contributed by atoms with E-state index in [-0.39, 0.29) is 0 Å². The van der Waals surface area contributed by atoms with Gasteiger partial charge in [0, 0.05) is 12.1 Å². The highest BCUT2D eigenvalue weighted by Crippen LogP contribution is 2.20. The molecule has 0 aliphatic heterocycles. The lowest BCUT2D eigenvalue weighted by Gasteiger charge is -2.21. The minimum absolute atomic E-state index is 0.388. The van der Waals surface area contributed by atoms with Crippen molar-refractivity contribution in [2.45, 2.75) is 26.3 Å². The molecule has 18 heavy (non-hydrogen) atoms. The van der Waals surface area contributed by atoms with Gasteiger partial charge >= 0.3 is 6.09 Å². The number of carboxylic acid groups (broad SMARTS) is 1. The van der Waals surface area contributed by atoms with E-state index >= 15 is 0 Å². The highest BCUT2D eigenvalue weighted by molar-refractivity contribution is 7.95. The fourth-order valence-corrected chi connectivity index (χ4v) is 2.22. The quantitative estimate of drug-likeness (QED) is 0.831. The van der Waals surface area contributed by atoms with E-state index in [1.807, 2.05) is 26.2 Å². The summed E-state index contributed by atoms with van der Waals surface area (Å²) in [6, 6.07) is 8.07. The maximum atomic E-state index is 11.1. The normalized spacial score (nSPS) is 11.0. The monoisotopic (exact) mass is 268 g/mol. The first-order valence-electron chi connectivity index (χ1n) is 5.85. The fraction of sp³-hybridized carbons (Fsp3) is 0.462. The van der Waals surface area contributed by atoms with Gasteiger partial charge in [-0.1, -0.05) is 38.1 Å². The molecular formula is C13H20N2O2S. The van der Waals surface area contributed by atoms with Crippen LogP contribution in [0.5, 0.6) is 0 Å². The van der Waals surface area contributed by atoms with Crippen LogP contribution >= 0.6 is 12.1 Å². The number of nitrogens with zero attached hydrogens (tertiary/aromatic N) is 2. The summed E-state index contributed by atoms with van der Waals surface area (Å²) in [5.41, 5.74) is 2.24. The Hall–Kier alpha value is -1.20. The van der Waals surface area contributed by atoms with Crippen LogP contribution in [0.15, 0.2) is 24.3 Å². The molecule has 0 heterocycles. The Morgan fingerprint density at radius 2 is 2.06 bits per heavy atom. The smallest absolute Gasteiger partial charge is 0.418 e. The van der Waals surface area contributed by atoms with Crippen LogP contribution in [0, 0.1) is 0 Å². The molecule has 0 radical (unpaired) electrons. The number of hydrogen-bond acceptors (Lipinski definition) is 3. The maximum absolute atomic E-state index is 11.1. The summed E-state index contributed by atoms with van der Waals surface area (Å²) in [5.74, 6) is 0.449. The topological polar surface area (TPSA) is 43.8 Å². The zero-order valence-electron chi connectivity index (χ0n) is 11.3. The molecule has 0 spiro atoms. The Morgan fingerprint density at radius 3 is 2.56 bits per heavy atom. The Labute approximate surface area is 113 Å². The summed E-state index contributed by atoms with van der Waals surface area (Å²) in [4.78, 5) is 11.1. The van der Waals surface area contributed by atoms with Crippen LogP contribution in [0.2, 0.25) is 0 Å². The lowest BCUT2D eigenvalue weighted by Crippen LogP contribution is -2.25. The van der Waals surface area contributed by atoms with Crippen LogP contribution < -0.4 is 0 Å². The van der Waals surface area contributed by atoms with E-state index < -0.39 is 6.09 Å². The second kappa shape index (κ2) is 6.66. The Morgan fingerprint density at radius 1 is 1.39 bits per heavy atom. The van der Waals surface area contributed by atoms with Crippen molar-refractivity contribution in [3.8, 4) is 0 Å². The molecule has 1 N–H and O–H groups in total. The zero-order valence-corrected chi connectivity index (χ0v) is 12.1. The summed E-state index contributed by atoms with van der Waals surface area (Å²) in [5, 5.41) is 9.14. The predicted octanol–water partition coefficient (Wildman–Crippen LogP) is 3.41. The molecule has 0 aliphatic carbocycles. The number of benzene rings is 1. The van der Waals surface area contributed by atoms with Crippen molar-refractivity contribution in [2.75, 3.05) is 14.1 Å². The Balaban J connectivity index is 2.80. The maximum Gasteiger partial charge on any atom is 0.418 e. The van der Waals surface area contributed by atoms with Gasteiger partial charge in [0.1, 0.15) is 0 Å². The standard InChI is InChI=1S/C13H20N2O2S/c1-10(2)12-7-5-6-11(8-12)9-15(13(16)17)18-14(3)4/h5-8,10H,9H2,1-4H3,(H,16,17). The van der Waals surface area contributed by atoms with Crippen molar-refractivity contribution in [3.63, 3.8) is 0 Å². The van der Waals surface area contributed by atoms with Gasteiger partial charge in [-0.3, -0.25) is 0 Å². The second-order valence-corrected chi connectivity index (χ2v) is 5.95. The highest BCUT2D eigenvalue weighted by Gasteiger charge is 2.15. The lowest BCUT2D eigenvalue weighted by atomic mass is 10.0. The predicted molar refractivity (Wildman–Crippen MR) is 75.4 cm³/mol. The van der Waals surface area contributed by atoms with Gasteiger partial charge in [0.25, 0.3) is 0 Å². The van der Waals surface area contributed by atoms with Crippen molar-refractivity contribution in [3.05, 3.63) is 35.4 Å². The van der Waals surface area contributed by atoms with Crippen LogP contribution in [0.1, 0.15) is 30.9 Å². The average Bonchev–Trinajstić information content (AvgIpc) is 2.27. The molecule has 5 heteroatoms. The van der Waals surface area contributed by atoms with Gasteiger partial charge in [0.05, 0.1) is 6.54 Å². The molecule has 4 nitrogen and oxygen atoms in total. The van der Waals surface area contributed by atoms with Crippen molar-refractivity contribution >= 4 is 18.2 Å². The molecule has 100 valence electrons. The molecular weight excluding hydrogens is 248 g/mol. The van der Waals surface area contributed by atoms with E-state index in [1.54, 1.807) is 4.31 Å². The number of hydrogen-bond donors (Lipinski definition) is 1. The van der Waals surface area contributed by atoms with Gasteiger partial charge in [-0.15, -0.1) is 0 Å². The molecule has 0 saturated heterocycles. The number of carbonyl (C=O) groups is 1. The number of amides is 1. The lowest BCUT2D eigenvalue weighted by molar-refractivity contribution is 0.173. The van der Waals surface area contributed by atoms with Gasteiger partial charge in [0.15, 0.2) is 0 Å². The van der Waals surface area contributed by atoms with Crippen molar-refractivity contribution < 1.29 is 9.90 Å². The van der Waals surface area contributed by atoms with Crippen LogP contribution in [0.25, 0.3) is 0 Å². The van der Waals surface area contributed by atoms with Gasteiger partial charge < -0.3 is 5.11 Å². The third kappa shape index (κ3) is 4.58. The molecule has 1 rings (SSSR count). The molecule has 0 aromatic heterocycles. The number of rotatable bonds is 5. The third-order valence-corrected chi connectivity index (χ3v) is 3.23. The largest absolute Gasteiger partial charge is 0.464 e. The van der Waals surface area contributed by atoms with Crippen LogP contribution in [-0.2, 0) is 6.54 Å². The SMILES string of the molecule is CC(C)c1cccc(CN(SN(C)C)C(=O)O)c1. The van der Waals surface area contributed by atoms with E-state index in [2.05, 4.69) is 26.0 Å². The average molecular weight is 268 g/mol. The van der Waals surface area contributed by atoms with Crippen molar-refractivity contribution in [1.82, 2.24) is 8.61 Å². The van der Waals surface area contributed by atoms with Gasteiger partial charge in [-0.05, 0) is 31.1 Å². The molecule has 1 amide bonds. The second-order valence-electron chi connectivity index (χ2n) is 4.61. The van der Waals surface area contributed by atoms with E-state index in [4.69, 9.17) is 5.11 Å². The van der Waals surface area contributed by atoms with E-state index in [0.29, 0.717) is 12.5 Å². The first-order chi connectivity index (χ1) is 8.40. The van der Waals surface area contributed by atoms with Gasteiger partial charge in [-0.2, -0.15) is 0 Å². The highest BCUT2D eigenvalue weighted by atomic mass is 32.2. The summed E-state index contributed by atoms with van der Waals surface area (Å²) in [6.07, 6.45) is -0.927. The van der Waals surface area contributed by atoms with Crippen LogP contribution in [0.3, 0.4) is 0 Å². The first-order valence-corrected chi connectivity index (χ1v) is 6.58. The zero-order chi connectivity index (χ0) is 13.7. The first kappa shape index (κ1) is 14.9. The summed E-state index contributed by atoms with van der Waals surface area (Å²) in [6.45, 7) is 4.64. The molecule has 1 aromatic rings. The summed E-state index contributed by atoms with van der Waals surface area (Å²) < 4.78 is 3.08.